The Kier molecular flexibility index (Phi) is 1.89. The minimum atomic E-state index is 0.675. The Hall–Kier alpha value is -0.820. The fourth-order valence-corrected chi connectivity index (χ4v) is 1.90. The number of fused-ring (bicyclic) bond motifs is 1. The highest BCUT2D eigenvalue weighted by Gasteiger charge is 2.14. The van der Waals surface area contributed by atoms with Crippen molar-refractivity contribution in [3.8, 4) is 0 Å². The zero-order chi connectivity index (χ0) is 8.55. The molecule has 1 heteroatoms. The molecule has 0 radical (unpaired) electrons. The monoisotopic (exact) mass is 161 g/mol. The third-order valence-corrected chi connectivity index (χ3v) is 2.60. The molecular formula is C11H15N. The van der Waals surface area contributed by atoms with Crippen molar-refractivity contribution >= 4 is 0 Å². The molecule has 0 saturated carbocycles. The molecule has 1 aromatic rings. The van der Waals surface area contributed by atoms with Gasteiger partial charge in [-0.15, -0.1) is 0 Å². The molecule has 64 valence electrons. The van der Waals surface area contributed by atoms with Gasteiger partial charge in [0, 0.05) is 13.1 Å². The first-order valence-corrected chi connectivity index (χ1v) is 4.57. The van der Waals surface area contributed by atoms with Gasteiger partial charge in [0.25, 0.3) is 0 Å². The van der Waals surface area contributed by atoms with Gasteiger partial charge < -0.3 is 5.32 Å². The van der Waals surface area contributed by atoms with Gasteiger partial charge in [0.05, 0.1) is 0 Å². The van der Waals surface area contributed by atoms with E-state index in [1.165, 1.54) is 16.7 Å². The maximum Gasteiger partial charge on any atom is 0.0208 e. The molecule has 0 aliphatic carbocycles. The van der Waals surface area contributed by atoms with Crippen molar-refractivity contribution in [1.82, 2.24) is 5.32 Å². The molecule has 0 fully saturated rings. The normalized spacial score (nSPS) is 22.0. The average Bonchev–Trinajstić information content (AvgIpc) is 2.04. The van der Waals surface area contributed by atoms with Crippen LogP contribution in [-0.4, -0.2) is 6.54 Å². The van der Waals surface area contributed by atoms with Crippen molar-refractivity contribution in [2.24, 2.45) is 0 Å². The van der Waals surface area contributed by atoms with Gasteiger partial charge in [0.2, 0.25) is 0 Å². The zero-order valence-corrected chi connectivity index (χ0v) is 7.72. The molecule has 1 heterocycles. The molecule has 2 rings (SSSR count). The minimum Gasteiger partial charge on any atom is -0.312 e. The SMILES string of the molecule is Cc1ccc2c(c1)CNCC2C. The van der Waals surface area contributed by atoms with Crippen LogP contribution in [0.3, 0.4) is 0 Å². The van der Waals surface area contributed by atoms with Crippen LogP contribution < -0.4 is 5.32 Å². The fraction of sp³-hybridized carbons (Fsp3) is 0.455. The predicted molar refractivity (Wildman–Crippen MR) is 51.3 cm³/mol. The largest absolute Gasteiger partial charge is 0.312 e. The fourth-order valence-electron chi connectivity index (χ4n) is 1.90. The Morgan fingerprint density at radius 1 is 1.42 bits per heavy atom. The molecule has 0 bridgehead atoms. The highest BCUT2D eigenvalue weighted by Crippen LogP contribution is 2.23. The van der Waals surface area contributed by atoms with Crippen molar-refractivity contribution in [3.63, 3.8) is 0 Å². The predicted octanol–water partition coefficient (Wildman–Crippen LogP) is 2.20. The molecular weight excluding hydrogens is 146 g/mol. The number of rotatable bonds is 0. The number of hydrogen-bond donors (Lipinski definition) is 1. The molecule has 0 aromatic heterocycles. The summed E-state index contributed by atoms with van der Waals surface area (Å²) in [5.74, 6) is 0.675. The molecule has 0 saturated heterocycles. The molecule has 1 N–H and O–H groups in total. The summed E-state index contributed by atoms with van der Waals surface area (Å²) < 4.78 is 0. The summed E-state index contributed by atoms with van der Waals surface area (Å²) in [5, 5.41) is 3.42. The summed E-state index contributed by atoms with van der Waals surface area (Å²) in [7, 11) is 0. The summed E-state index contributed by atoms with van der Waals surface area (Å²) in [6, 6.07) is 6.77. The van der Waals surface area contributed by atoms with E-state index in [0.717, 1.165) is 13.1 Å². The van der Waals surface area contributed by atoms with Crippen LogP contribution in [0.15, 0.2) is 18.2 Å². The molecule has 0 spiro atoms. The molecule has 12 heavy (non-hydrogen) atoms. The highest BCUT2D eigenvalue weighted by atomic mass is 14.9. The Morgan fingerprint density at radius 2 is 2.25 bits per heavy atom. The molecule has 1 atom stereocenters. The van der Waals surface area contributed by atoms with Crippen molar-refractivity contribution < 1.29 is 0 Å². The Bertz CT molecular complexity index is 291. The van der Waals surface area contributed by atoms with Crippen molar-refractivity contribution in [3.05, 3.63) is 34.9 Å². The second kappa shape index (κ2) is 2.91. The second-order valence-electron chi connectivity index (χ2n) is 3.73. The van der Waals surface area contributed by atoms with Crippen LogP contribution in [0.4, 0.5) is 0 Å². The lowest BCUT2D eigenvalue weighted by atomic mass is 9.91. The van der Waals surface area contributed by atoms with Gasteiger partial charge in [-0.3, -0.25) is 0 Å². The summed E-state index contributed by atoms with van der Waals surface area (Å²) in [5.41, 5.74) is 4.37. The summed E-state index contributed by atoms with van der Waals surface area (Å²) >= 11 is 0. The van der Waals surface area contributed by atoms with Crippen molar-refractivity contribution in [2.45, 2.75) is 26.3 Å². The third kappa shape index (κ3) is 1.25. The topological polar surface area (TPSA) is 12.0 Å². The van der Waals surface area contributed by atoms with Crippen molar-refractivity contribution in [1.29, 1.82) is 0 Å². The van der Waals surface area contributed by atoms with E-state index >= 15 is 0 Å². The van der Waals surface area contributed by atoms with Gasteiger partial charge >= 0.3 is 0 Å². The first-order chi connectivity index (χ1) is 5.77. The van der Waals surface area contributed by atoms with Crippen LogP contribution in [0.1, 0.15) is 29.5 Å². The van der Waals surface area contributed by atoms with Gasteiger partial charge in [-0.05, 0) is 24.0 Å². The molecule has 0 amide bonds. The van der Waals surface area contributed by atoms with Gasteiger partial charge in [-0.2, -0.15) is 0 Å². The summed E-state index contributed by atoms with van der Waals surface area (Å²) in [6.07, 6.45) is 0. The number of aryl methyl sites for hydroxylation is 1. The van der Waals surface area contributed by atoms with E-state index < -0.39 is 0 Å². The van der Waals surface area contributed by atoms with Gasteiger partial charge in [0.15, 0.2) is 0 Å². The number of benzene rings is 1. The average molecular weight is 161 g/mol. The lowest BCUT2D eigenvalue weighted by Crippen LogP contribution is -2.26. The third-order valence-electron chi connectivity index (χ3n) is 2.60. The maximum atomic E-state index is 3.42. The Labute approximate surface area is 73.8 Å². The maximum absolute atomic E-state index is 3.42. The van der Waals surface area contributed by atoms with Crippen molar-refractivity contribution in [2.75, 3.05) is 6.54 Å². The van der Waals surface area contributed by atoms with Crippen LogP contribution in [0.5, 0.6) is 0 Å². The number of nitrogens with one attached hydrogen (secondary N) is 1. The van der Waals surface area contributed by atoms with E-state index in [0.29, 0.717) is 5.92 Å². The van der Waals surface area contributed by atoms with E-state index in [1.807, 2.05) is 0 Å². The van der Waals surface area contributed by atoms with Gasteiger partial charge in [-0.1, -0.05) is 30.7 Å². The van der Waals surface area contributed by atoms with E-state index in [2.05, 4.69) is 37.4 Å². The van der Waals surface area contributed by atoms with E-state index in [-0.39, 0.29) is 0 Å². The first kappa shape index (κ1) is 7.81. The van der Waals surface area contributed by atoms with Crippen LogP contribution in [-0.2, 0) is 6.54 Å². The standard InChI is InChI=1S/C11H15N/c1-8-3-4-11-9(2)6-12-7-10(11)5-8/h3-5,9,12H,6-7H2,1-2H3. The minimum absolute atomic E-state index is 0.675. The quantitative estimate of drug-likeness (QED) is 0.615. The van der Waals surface area contributed by atoms with Crippen LogP contribution in [0.2, 0.25) is 0 Å². The smallest absolute Gasteiger partial charge is 0.0208 e. The first-order valence-electron chi connectivity index (χ1n) is 4.57. The molecule has 1 aliphatic heterocycles. The lowest BCUT2D eigenvalue weighted by molar-refractivity contribution is 0.570. The van der Waals surface area contributed by atoms with Crippen LogP contribution >= 0.6 is 0 Å². The molecule has 1 aliphatic rings. The van der Waals surface area contributed by atoms with Crippen LogP contribution in [0.25, 0.3) is 0 Å². The lowest BCUT2D eigenvalue weighted by Gasteiger charge is -2.23. The molecule has 1 unspecified atom stereocenters. The molecule has 1 aromatic carbocycles. The Balaban J connectivity index is 2.46. The van der Waals surface area contributed by atoms with E-state index in [1.54, 1.807) is 0 Å². The van der Waals surface area contributed by atoms with E-state index in [4.69, 9.17) is 0 Å². The number of hydrogen-bond acceptors (Lipinski definition) is 1. The zero-order valence-electron chi connectivity index (χ0n) is 7.72. The Morgan fingerprint density at radius 3 is 3.08 bits per heavy atom. The van der Waals surface area contributed by atoms with E-state index in [9.17, 15) is 0 Å². The van der Waals surface area contributed by atoms with Crippen LogP contribution in [0, 0.1) is 6.92 Å². The van der Waals surface area contributed by atoms with Gasteiger partial charge in [0.1, 0.15) is 0 Å². The summed E-state index contributed by atoms with van der Waals surface area (Å²) in [6.45, 7) is 6.59. The highest BCUT2D eigenvalue weighted by molar-refractivity contribution is 5.35. The molecule has 1 nitrogen and oxygen atoms in total. The van der Waals surface area contributed by atoms with Gasteiger partial charge in [-0.25, -0.2) is 0 Å². The second-order valence-corrected chi connectivity index (χ2v) is 3.73. The summed E-state index contributed by atoms with van der Waals surface area (Å²) in [4.78, 5) is 0.